The van der Waals surface area contributed by atoms with E-state index in [0.717, 1.165) is 18.5 Å². The van der Waals surface area contributed by atoms with Gasteiger partial charge in [0.15, 0.2) is 0 Å². The van der Waals surface area contributed by atoms with Gasteiger partial charge in [-0.3, -0.25) is 10.2 Å². The molecule has 19 heavy (non-hydrogen) atoms. The standard InChI is InChI=1S/C16H27N3/c1-16(11-17,18-14-8-9-14)12-19-10-4-6-13-5-2-3-7-15(13)19/h13-15,18H,2-10,12H2,1H3/t13-,15-,16?/m1/s1. The molecule has 1 unspecified atom stereocenters. The first-order chi connectivity index (χ1) is 9.20. The fraction of sp³-hybridized carbons (Fsp3) is 0.938. The molecule has 0 aromatic carbocycles. The third-order valence-corrected chi connectivity index (χ3v) is 5.22. The maximum atomic E-state index is 9.55. The van der Waals surface area contributed by atoms with E-state index in [1.165, 1.54) is 57.9 Å². The Labute approximate surface area is 117 Å². The maximum Gasteiger partial charge on any atom is 0.116 e. The summed E-state index contributed by atoms with van der Waals surface area (Å²) in [5, 5.41) is 13.1. The van der Waals surface area contributed by atoms with Crippen molar-refractivity contribution >= 4 is 0 Å². The Morgan fingerprint density at radius 1 is 1.16 bits per heavy atom. The van der Waals surface area contributed by atoms with Gasteiger partial charge < -0.3 is 0 Å². The molecule has 0 spiro atoms. The highest BCUT2D eigenvalue weighted by Crippen LogP contribution is 2.36. The Morgan fingerprint density at radius 2 is 1.89 bits per heavy atom. The van der Waals surface area contributed by atoms with Crippen molar-refractivity contribution in [2.75, 3.05) is 13.1 Å². The number of nitriles is 1. The molecule has 2 saturated carbocycles. The quantitative estimate of drug-likeness (QED) is 0.845. The number of nitrogens with one attached hydrogen (secondary N) is 1. The minimum absolute atomic E-state index is 0.347. The minimum atomic E-state index is -0.347. The van der Waals surface area contributed by atoms with Gasteiger partial charge in [-0.15, -0.1) is 0 Å². The predicted octanol–water partition coefficient (Wildman–Crippen LogP) is 2.68. The predicted molar refractivity (Wildman–Crippen MR) is 76.7 cm³/mol. The second-order valence-corrected chi connectivity index (χ2v) is 7.09. The Bertz CT molecular complexity index is 355. The Hall–Kier alpha value is -0.590. The Kier molecular flexibility index (Phi) is 3.82. The molecule has 1 heterocycles. The molecule has 3 fully saturated rings. The summed E-state index contributed by atoms with van der Waals surface area (Å²) in [7, 11) is 0. The number of fused-ring (bicyclic) bond motifs is 1. The second-order valence-electron chi connectivity index (χ2n) is 7.09. The lowest BCUT2D eigenvalue weighted by Crippen LogP contribution is -2.57. The third kappa shape index (κ3) is 3.12. The van der Waals surface area contributed by atoms with Crippen LogP contribution in [0.3, 0.4) is 0 Å². The summed E-state index contributed by atoms with van der Waals surface area (Å²) < 4.78 is 0. The number of piperidine rings is 1. The minimum Gasteiger partial charge on any atom is -0.297 e. The molecule has 3 nitrogen and oxygen atoms in total. The Balaban J connectivity index is 1.64. The van der Waals surface area contributed by atoms with Crippen LogP contribution in [0.25, 0.3) is 0 Å². The molecular weight excluding hydrogens is 234 g/mol. The van der Waals surface area contributed by atoms with E-state index < -0.39 is 0 Å². The van der Waals surface area contributed by atoms with Crippen molar-refractivity contribution in [3.63, 3.8) is 0 Å². The molecule has 0 aromatic heterocycles. The SMILES string of the molecule is CC(C#N)(CN1CCC[C@H]2CCCC[C@H]21)NC1CC1. The highest BCUT2D eigenvalue weighted by Gasteiger charge is 2.39. The molecule has 0 bridgehead atoms. The molecular formula is C16H27N3. The number of hydrogen-bond acceptors (Lipinski definition) is 3. The second kappa shape index (κ2) is 5.42. The van der Waals surface area contributed by atoms with E-state index in [0.29, 0.717) is 6.04 Å². The number of nitrogens with zero attached hydrogens (tertiary/aromatic N) is 2. The van der Waals surface area contributed by atoms with E-state index >= 15 is 0 Å². The summed E-state index contributed by atoms with van der Waals surface area (Å²) in [5.74, 6) is 0.909. The van der Waals surface area contributed by atoms with Crippen LogP contribution in [0.2, 0.25) is 0 Å². The van der Waals surface area contributed by atoms with Gasteiger partial charge in [0, 0.05) is 18.6 Å². The van der Waals surface area contributed by atoms with Crippen molar-refractivity contribution in [2.24, 2.45) is 5.92 Å². The van der Waals surface area contributed by atoms with Crippen LogP contribution in [0, 0.1) is 17.2 Å². The van der Waals surface area contributed by atoms with Crippen molar-refractivity contribution in [3.8, 4) is 6.07 Å². The average Bonchev–Trinajstić information content (AvgIpc) is 3.23. The van der Waals surface area contributed by atoms with Crippen molar-refractivity contribution < 1.29 is 0 Å². The van der Waals surface area contributed by atoms with Crippen LogP contribution in [0.5, 0.6) is 0 Å². The summed E-state index contributed by atoms with van der Waals surface area (Å²) in [5.41, 5.74) is -0.347. The number of likely N-dealkylation sites (tertiary alicyclic amines) is 1. The monoisotopic (exact) mass is 261 g/mol. The van der Waals surface area contributed by atoms with E-state index in [1.54, 1.807) is 0 Å². The molecule has 1 aliphatic heterocycles. The zero-order chi connectivity index (χ0) is 13.3. The Morgan fingerprint density at radius 3 is 2.63 bits per heavy atom. The molecule has 3 heteroatoms. The zero-order valence-corrected chi connectivity index (χ0v) is 12.2. The van der Waals surface area contributed by atoms with Gasteiger partial charge in [-0.2, -0.15) is 5.26 Å². The highest BCUT2D eigenvalue weighted by molar-refractivity contribution is 5.10. The molecule has 1 saturated heterocycles. The average molecular weight is 261 g/mol. The van der Waals surface area contributed by atoms with E-state index in [2.05, 4.69) is 23.2 Å². The van der Waals surface area contributed by atoms with E-state index in [1.807, 2.05) is 0 Å². The molecule has 3 atom stereocenters. The lowest BCUT2D eigenvalue weighted by atomic mass is 9.78. The molecule has 1 N–H and O–H groups in total. The van der Waals surface area contributed by atoms with Crippen LogP contribution in [0.4, 0.5) is 0 Å². The topological polar surface area (TPSA) is 39.1 Å². The fourth-order valence-corrected chi connectivity index (χ4v) is 4.12. The first kappa shape index (κ1) is 13.4. The smallest absolute Gasteiger partial charge is 0.116 e. The summed E-state index contributed by atoms with van der Waals surface area (Å²) in [4.78, 5) is 2.63. The largest absolute Gasteiger partial charge is 0.297 e. The van der Waals surface area contributed by atoms with Gasteiger partial charge in [0.05, 0.1) is 6.07 Å². The van der Waals surface area contributed by atoms with Gasteiger partial charge in [0.1, 0.15) is 5.54 Å². The third-order valence-electron chi connectivity index (χ3n) is 5.22. The van der Waals surface area contributed by atoms with Crippen molar-refractivity contribution in [1.29, 1.82) is 5.26 Å². The van der Waals surface area contributed by atoms with E-state index in [-0.39, 0.29) is 5.54 Å². The van der Waals surface area contributed by atoms with Crippen LogP contribution in [-0.2, 0) is 0 Å². The fourth-order valence-electron chi connectivity index (χ4n) is 4.12. The molecule has 0 radical (unpaired) electrons. The summed E-state index contributed by atoms with van der Waals surface area (Å²) in [6, 6.07) is 3.91. The molecule has 0 aromatic rings. The van der Waals surface area contributed by atoms with E-state index in [4.69, 9.17) is 0 Å². The number of hydrogen-bond donors (Lipinski definition) is 1. The lowest BCUT2D eigenvalue weighted by molar-refractivity contribution is 0.0465. The van der Waals surface area contributed by atoms with Crippen molar-refractivity contribution in [2.45, 2.75) is 75.9 Å². The van der Waals surface area contributed by atoms with Crippen molar-refractivity contribution in [3.05, 3.63) is 0 Å². The molecule has 0 amide bonds. The lowest BCUT2D eigenvalue weighted by Gasteiger charge is -2.46. The van der Waals surface area contributed by atoms with Gasteiger partial charge in [-0.25, -0.2) is 0 Å². The van der Waals surface area contributed by atoms with Crippen molar-refractivity contribution in [1.82, 2.24) is 10.2 Å². The first-order valence-corrected chi connectivity index (χ1v) is 8.13. The van der Waals surface area contributed by atoms with Crippen LogP contribution < -0.4 is 5.32 Å². The normalized spacial score (nSPS) is 35.2. The first-order valence-electron chi connectivity index (χ1n) is 8.13. The van der Waals surface area contributed by atoms with E-state index in [9.17, 15) is 5.26 Å². The molecule has 106 valence electrons. The van der Waals surface area contributed by atoms with Crippen LogP contribution in [0.1, 0.15) is 58.3 Å². The molecule has 2 aliphatic carbocycles. The van der Waals surface area contributed by atoms with Crippen LogP contribution in [-0.4, -0.2) is 35.6 Å². The molecule has 3 aliphatic rings. The van der Waals surface area contributed by atoms with Gasteiger partial charge in [-0.05, 0) is 57.9 Å². The molecule has 3 rings (SSSR count). The van der Waals surface area contributed by atoms with Crippen LogP contribution >= 0.6 is 0 Å². The summed E-state index contributed by atoms with van der Waals surface area (Å²) in [6.45, 7) is 4.21. The van der Waals surface area contributed by atoms with Gasteiger partial charge in [0.25, 0.3) is 0 Å². The zero-order valence-electron chi connectivity index (χ0n) is 12.2. The number of rotatable bonds is 4. The van der Waals surface area contributed by atoms with Crippen LogP contribution in [0.15, 0.2) is 0 Å². The van der Waals surface area contributed by atoms with Gasteiger partial charge in [0.2, 0.25) is 0 Å². The highest BCUT2D eigenvalue weighted by atomic mass is 15.2. The van der Waals surface area contributed by atoms with Gasteiger partial charge >= 0.3 is 0 Å². The van der Waals surface area contributed by atoms with Gasteiger partial charge in [-0.1, -0.05) is 12.8 Å². The summed E-state index contributed by atoms with van der Waals surface area (Å²) in [6.07, 6.45) is 10.8. The maximum absolute atomic E-state index is 9.55. The summed E-state index contributed by atoms with van der Waals surface area (Å²) >= 11 is 0.